The Balaban J connectivity index is 1.98. The molecule has 0 N–H and O–H groups in total. The van der Waals surface area contributed by atoms with E-state index in [9.17, 15) is 0 Å². The smallest absolute Gasteiger partial charge is 0.0846 e. The molecule has 1 saturated heterocycles. The van der Waals surface area contributed by atoms with E-state index in [1.807, 2.05) is 0 Å². The molecule has 0 aromatic carbocycles. The summed E-state index contributed by atoms with van der Waals surface area (Å²) in [6.45, 7) is 2.09. The minimum atomic E-state index is 0.521. The molecular formula is C5H10OS. The lowest BCUT2D eigenvalue weighted by Gasteiger charge is -1.81. The van der Waals surface area contributed by atoms with Crippen molar-refractivity contribution >= 4 is 12.6 Å². The van der Waals surface area contributed by atoms with E-state index in [4.69, 9.17) is 4.74 Å². The van der Waals surface area contributed by atoms with E-state index in [0.29, 0.717) is 12.2 Å². The minimum Gasteiger partial charge on any atom is -0.370 e. The van der Waals surface area contributed by atoms with Gasteiger partial charge in [0.1, 0.15) is 0 Å². The van der Waals surface area contributed by atoms with Crippen LogP contribution >= 0.6 is 12.6 Å². The lowest BCUT2D eigenvalue weighted by Crippen LogP contribution is -1.88. The SMILES string of the molecule is CC1OC1CCS. The molecule has 0 amide bonds. The number of rotatable bonds is 2. The zero-order chi connectivity index (χ0) is 5.28. The Morgan fingerprint density at radius 3 is 2.43 bits per heavy atom. The van der Waals surface area contributed by atoms with Gasteiger partial charge in [-0.15, -0.1) is 0 Å². The van der Waals surface area contributed by atoms with Crippen molar-refractivity contribution in [3.8, 4) is 0 Å². The maximum absolute atomic E-state index is 5.11. The second-order valence-corrected chi connectivity index (χ2v) is 2.34. The van der Waals surface area contributed by atoms with Crippen molar-refractivity contribution < 1.29 is 4.74 Å². The number of epoxide rings is 1. The van der Waals surface area contributed by atoms with Gasteiger partial charge >= 0.3 is 0 Å². The molecule has 1 heterocycles. The second-order valence-electron chi connectivity index (χ2n) is 1.89. The maximum Gasteiger partial charge on any atom is 0.0846 e. The first-order valence-electron chi connectivity index (χ1n) is 2.61. The summed E-state index contributed by atoms with van der Waals surface area (Å²) < 4.78 is 5.11. The van der Waals surface area contributed by atoms with Gasteiger partial charge in [0.15, 0.2) is 0 Å². The monoisotopic (exact) mass is 118 g/mol. The highest BCUT2D eigenvalue weighted by molar-refractivity contribution is 7.80. The lowest BCUT2D eigenvalue weighted by molar-refractivity contribution is 0.376. The van der Waals surface area contributed by atoms with Crippen molar-refractivity contribution in [2.75, 3.05) is 5.75 Å². The maximum atomic E-state index is 5.11. The molecule has 0 radical (unpaired) electrons. The topological polar surface area (TPSA) is 12.5 Å². The van der Waals surface area contributed by atoms with E-state index >= 15 is 0 Å². The van der Waals surface area contributed by atoms with Gasteiger partial charge in [-0.25, -0.2) is 0 Å². The summed E-state index contributed by atoms with van der Waals surface area (Å²) in [4.78, 5) is 0. The van der Waals surface area contributed by atoms with Gasteiger partial charge in [0.05, 0.1) is 12.2 Å². The highest BCUT2D eigenvalue weighted by Crippen LogP contribution is 2.23. The summed E-state index contributed by atoms with van der Waals surface area (Å²) >= 11 is 4.06. The van der Waals surface area contributed by atoms with Crippen molar-refractivity contribution in [3.05, 3.63) is 0 Å². The summed E-state index contributed by atoms with van der Waals surface area (Å²) in [5, 5.41) is 0. The van der Waals surface area contributed by atoms with Crippen LogP contribution in [-0.2, 0) is 4.74 Å². The molecular weight excluding hydrogens is 108 g/mol. The molecule has 2 unspecified atom stereocenters. The molecule has 0 aliphatic carbocycles. The van der Waals surface area contributed by atoms with Crippen LogP contribution < -0.4 is 0 Å². The van der Waals surface area contributed by atoms with E-state index in [-0.39, 0.29) is 0 Å². The van der Waals surface area contributed by atoms with Crippen LogP contribution in [0.25, 0.3) is 0 Å². The predicted octanol–water partition coefficient (Wildman–Crippen LogP) is 1.09. The number of thiol groups is 1. The number of hydrogen-bond donors (Lipinski definition) is 1. The normalized spacial score (nSPS) is 38.6. The molecule has 1 aliphatic heterocycles. The Bertz CT molecular complexity index is 65.1. The average Bonchev–Trinajstić information content (AvgIpc) is 2.22. The third-order valence-electron chi connectivity index (χ3n) is 1.25. The fourth-order valence-electron chi connectivity index (χ4n) is 0.660. The Kier molecular flexibility index (Phi) is 1.60. The van der Waals surface area contributed by atoms with Crippen molar-refractivity contribution in [2.24, 2.45) is 0 Å². The Morgan fingerprint density at radius 1 is 1.71 bits per heavy atom. The van der Waals surface area contributed by atoms with Crippen molar-refractivity contribution in [1.29, 1.82) is 0 Å². The van der Waals surface area contributed by atoms with Crippen LogP contribution in [0.3, 0.4) is 0 Å². The third-order valence-corrected chi connectivity index (χ3v) is 1.51. The second kappa shape index (κ2) is 2.05. The average molecular weight is 118 g/mol. The molecule has 2 atom stereocenters. The van der Waals surface area contributed by atoms with Crippen LogP contribution in [0.2, 0.25) is 0 Å². The summed E-state index contributed by atoms with van der Waals surface area (Å²) in [5.41, 5.74) is 0. The van der Waals surface area contributed by atoms with E-state index in [1.54, 1.807) is 0 Å². The van der Waals surface area contributed by atoms with Crippen LogP contribution in [0.4, 0.5) is 0 Å². The number of ether oxygens (including phenoxy) is 1. The molecule has 0 aromatic heterocycles. The van der Waals surface area contributed by atoms with Crippen LogP contribution in [0.1, 0.15) is 13.3 Å². The van der Waals surface area contributed by atoms with Gasteiger partial charge in [-0.1, -0.05) is 0 Å². The highest BCUT2D eigenvalue weighted by Gasteiger charge is 2.32. The largest absolute Gasteiger partial charge is 0.370 e. The summed E-state index contributed by atoms with van der Waals surface area (Å²) in [7, 11) is 0. The zero-order valence-electron chi connectivity index (χ0n) is 4.42. The molecule has 1 rings (SSSR count). The fraction of sp³-hybridized carbons (Fsp3) is 1.00. The van der Waals surface area contributed by atoms with Gasteiger partial charge in [-0.3, -0.25) is 0 Å². The van der Waals surface area contributed by atoms with Crippen LogP contribution in [0.5, 0.6) is 0 Å². The van der Waals surface area contributed by atoms with Crippen molar-refractivity contribution in [3.63, 3.8) is 0 Å². The quantitative estimate of drug-likeness (QED) is 0.423. The molecule has 42 valence electrons. The third kappa shape index (κ3) is 1.35. The van der Waals surface area contributed by atoms with E-state index in [0.717, 1.165) is 12.2 Å². The van der Waals surface area contributed by atoms with Gasteiger partial charge in [-0.2, -0.15) is 12.6 Å². The van der Waals surface area contributed by atoms with Crippen molar-refractivity contribution in [2.45, 2.75) is 25.6 Å². The number of hydrogen-bond acceptors (Lipinski definition) is 2. The van der Waals surface area contributed by atoms with Crippen LogP contribution in [-0.4, -0.2) is 18.0 Å². The van der Waals surface area contributed by atoms with Gasteiger partial charge in [0.2, 0.25) is 0 Å². The van der Waals surface area contributed by atoms with E-state index < -0.39 is 0 Å². The summed E-state index contributed by atoms with van der Waals surface area (Å²) in [6.07, 6.45) is 2.18. The molecule has 1 fully saturated rings. The summed E-state index contributed by atoms with van der Waals surface area (Å²) in [6, 6.07) is 0. The van der Waals surface area contributed by atoms with Gasteiger partial charge in [0.25, 0.3) is 0 Å². The molecule has 1 aliphatic rings. The molecule has 0 saturated carbocycles. The molecule has 0 spiro atoms. The highest BCUT2D eigenvalue weighted by atomic mass is 32.1. The first-order chi connectivity index (χ1) is 3.34. The molecule has 0 aromatic rings. The van der Waals surface area contributed by atoms with Crippen LogP contribution in [0, 0.1) is 0 Å². The Hall–Kier alpha value is 0.310. The molecule has 0 bridgehead atoms. The predicted molar refractivity (Wildman–Crippen MR) is 32.8 cm³/mol. The minimum absolute atomic E-state index is 0.521. The molecule has 2 heteroatoms. The first kappa shape index (κ1) is 5.45. The van der Waals surface area contributed by atoms with Crippen LogP contribution in [0.15, 0.2) is 0 Å². The van der Waals surface area contributed by atoms with E-state index in [1.165, 1.54) is 0 Å². The standard InChI is InChI=1S/C5H10OS/c1-4-5(6-4)2-3-7/h4-5,7H,2-3H2,1H3. The Labute approximate surface area is 49.5 Å². The zero-order valence-corrected chi connectivity index (χ0v) is 5.32. The fourth-order valence-corrected chi connectivity index (χ4v) is 0.915. The lowest BCUT2D eigenvalue weighted by atomic mass is 10.3. The summed E-state index contributed by atoms with van der Waals surface area (Å²) in [5.74, 6) is 0.953. The van der Waals surface area contributed by atoms with Crippen molar-refractivity contribution in [1.82, 2.24) is 0 Å². The van der Waals surface area contributed by atoms with Gasteiger partial charge in [-0.05, 0) is 19.1 Å². The first-order valence-corrected chi connectivity index (χ1v) is 3.24. The molecule has 1 nitrogen and oxygen atoms in total. The molecule has 7 heavy (non-hydrogen) atoms. The van der Waals surface area contributed by atoms with Gasteiger partial charge < -0.3 is 4.74 Å². The van der Waals surface area contributed by atoms with Gasteiger partial charge in [0, 0.05) is 0 Å². The Morgan fingerprint density at radius 2 is 2.29 bits per heavy atom. The van der Waals surface area contributed by atoms with E-state index in [2.05, 4.69) is 19.6 Å².